The zero-order valence-corrected chi connectivity index (χ0v) is 18.9. The summed E-state index contributed by atoms with van der Waals surface area (Å²) in [5, 5.41) is 1.88. The van der Waals surface area contributed by atoms with E-state index < -0.39 is 6.09 Å². The highest BCUT2D eigenvalue weighted by molar-refractivity contribution is 5.85. The molecule has 0 spiro atoms. The Hall–Kier alpha value is -2.96. The molecule has 4 rings (SSSR count). The molecule has 1 N–H and O–H groups in total. The number of nitrogens with one attached hydrogen (secondary N) is 1. The fraction of sp³-hybridized carbons (Fsp3) is 0.269. The van der Waals surface area contributed by atoms with Gasteiger partial charge >= 0.3 is 6.09 Å². The summed E-state index contributed by atoms with van der Waals surface area (Å²) < 4.78 is 32.4. The van der Waals surface area contributed by atoms with Gasteiger partial charge in [-0.25, -0.2) is 18.6 Å². The number of hydrazine groups is 1. The molecule has 1 atom stereocenters. The molecule has 1 unspecified atom stereocenters. The van der Waals surface area contributed by atoms with Crippen LogP contribution in [0.5, 0.6) is 0 Å². The Balaban J connectivity index is 0.00000306. The molecule has 3 aromatic rings. The number of carbonyl (C=O) groups excluding carboxylic acids is 1. The summed E-state index contributed by atoms with van der Waals surface area (Å²) in [6, 6.07) is 22.4. The standard InChI is InChI=1S/C26H26F2N2O2.ClH/c27-23-12-8-20(9-13-23)25(21-10-14-24(28)15-11-21)22-7-4-16-30(17-22)29-26(31)32-18-19-5-2-1-3-6-19;/h1-3,5-6,8-15,22,25H,4,7,16-18H2,(H,29,31);1H. The lowest BCUT2D eigenvalue weighted by Crippen LogP contribution is -2.48. The zero-order chi connectivity index (χ0) is 22.3. The predicted molar refractivity (Wildman–Crippen MR) is 126 cm³/mol. The Bertz CT molecular complexity index is 971. The van der Waals surface area contributed by atoms with Crippen molar-refractivity contribution in [2.45, 2.75) is 25.4 Å². The number of rotatable bonds is 6. The largest absolute Gasteiger partial charge is 0.444 e. The normalized spacial score (nSPS) is 16.2. The summed E-state index contributed by atoms with van der Waals surface area (Å²) in [5.74, 6) is -0.463. The predicted octanol–water partition coefficient (Wildman–Crippen LogP) is 6.07. The van der Waals surface area contributed by atoms with E-state index in [1.807, 2.05) is 35.3 Å². The van der Waals surface area contributed by atoms with Gasteiger partial charge in [0.15, 0.2) is 0 Å². The van der Waals surface area contributed by atoms with Gasteiger partial charge in [-0.3, -0.25) is 5.43 Å². The highest BCUT2D eigenvalue weighted by atomic mass is 35.5. The monoisotopic (exact) mass is 472 g/mol. The molecule has 1 amide bonds. The molecule has 0 bridgehead atoms. The first-order valence-electron chi connectivity index (χ1n) is 10.8. The molecule has 1 aliphatic rings. The van der Waals surface area contributed by atoms with Crippen molar-refractivity contribution < 1.29 is 18.3 Å². The van der Waals surface area contributed by atoms with Crippen LogP contribution >= 0.6 is 12.4 Å². The maximum Gasteiger partial charge on any atom is 0.422 e. The molecule has 3 aromatic carbocycles. The lowest BCUT2D eigenvalue weighted by molar-refractivity contribution is 0.0736. The number of hydrogen-bond donors (Lipinski definition) is 1. The molecule has 1 fully saturated rings. The highest BCUT2D eigenvalue weighted by Crippen LogP contribution is 2.37. The van der Waals surface area contributed by atoms with Crippen LogP contribution in [-0.4, -0.2) is 24.2 Å². The van der Waals surface area contributed by atoms with Crippen molar-refractivity contribution in [3.8, 4) is 0 Å². The van der Waals surface area contributed by atoms with Gasteiger partial charge in [-0.15, -0.1) is 12.4 Å². The van der Waals surface area contributed by atoms with E-state index in [4.69, 9.17) is 4.74 Å². The van der Waals surface area contributed by atoms with Crippen LogP contribution in [0.1, 0.15) is 35.4 Å². The van der Waals surface area contributed by atoms with Gasteiger partial charge in [0.25, 0.3) is 0 Å². The number of ether oxygens (including phenoxy) is 1. The molecule has 33 heavy (non-hydrogen) atoms. The van der Waals surface area contributed by atoms with E-state index in [1.54, 1.807) is 24.3 Å². The second-order valence-electron chi connectivity index (χ2n) is 8.10. The van der Waals surface area contributed by atoms with Gasteiger partial charge in [0.2, 0.25) is 0 Å². The number of halogens is 3. The minimum atomic E-state index is -0.491. The third-order valence-electron chi connectivity index (χ3n) is 5.85. The smallest absolute Gasteiger partial charge is 0.422 e. The van der Waals surface area contributed by atoms with Crippen molar-refractivity contribution in [3.05, 3.63) is 107 Å². The number of benzene rings is 3. The van der Waals surface area contributed by atoms with E-state index in [0.717, 1.165) is 36.1 Å². The molecular weight excluding hydrogens is 446 g/mol. The van der Waals surface area contributed by atoms with Crippen molar-refractivity contribution in [2.75, 3.05) is 13.1 Å². The van der Waals surface area contributed by atoms with Crippen LogP contribution in [-0.2, 0) is 11.3 Å². The molecule has 0 aliphatic carbocycles. The van der Waals surface area contributed by atoms with E-state index >= 15 is 0 Å². The SMILES string of the molecule is Cl.O=C(NN1CCCC(C(c2ccc(F)cc2)c2ccc(F)cc2)C1)OCc1ccccc1. The van der Waals surface area contributed by atoms with Crippen molar-refractivity contribution in [1.29, 1.82) is 0 Å². The Morgan fingerprint density at radius 2 is 1.52 bits per heavy atom. The van der Waals surface area contributed by atoms with Crippen LogP contribution in [0.3, 0.4) is 0 Å². The third-order valence-corrected chi connectivity index (χ3v) is 5.85. The molecule has 0 radical (unpaired) electrons. The summed E-state index contributed by atoms with van der Waals surface area (Å²) in [6.07, 6.45) is 1.34. The number of piperidine rings is 1. The van der Waals surface area contributed by atoms with E-state index in [-0.39, 0.29) is 42.5 Å². The zero-order valence-electron chi connectivity index (χ0n) is 18.1. The number of hydrogen-bond acceptors (Lipinski definition) is 3. The van der Waals surface area contributed by atoms with Crippen LogP contribution in [0.4, 0.5) is 13.6 Å². The lowest BCUT2D eigenvalue weighted by Gasteiger charge is -2.37. The van der Waals surface area contributed by atoms with Crippen LogP contribution < -0.4 is 5.43 Å². The molecule has 1 aliphatic heterocycles. The van der Waals surface area contributed by atoms with Gasteiger partial charge in [0.1, 0.15) is 18.2 Å². The lowest BCUT2D eigenvalue weighted by atomic mass is 9.77. The minimum absolute atomic E-state index is 0. The van der Waals surface area contributed by atoms with Crippen LogP contribution in [0, 0.1) is 17.6 Å². The van der Waals surface area contributed by atoms with Gasteiger partial charge in [-0.1, -0.05) is 54.6 Å². The third kappa shape index (κ3) is 6.76. The van der Waals surface area contributed by atoms with Crippen molar-refractivity contribution in [1.82, 2.24) is 10.4 Å². The average molecular weight is 473 g/mol. The second kappa shape index (κ2) is 11.8. The first kappa shape index (κ1) is 24.7. The molecule has 4 nitrogen and oxygen atoms in total. The minimum Gasteiger partial charge on any atom is -0.444 e. The first-order chi connectivity index (χ1) is 15.6. The van der Waals surface area contributed by atoms with E-state index in [0.29, 0.717) is 6.54 Å². The Kier molecular flexibility index (Phi) is 8.80. The van der Waals surface area contributed by atoms with E-state index in [2.05, 4.69) is 5.43 Å². The number of amides is 1. The highest BCUT2D eigenvalue weighted by Gasteiger charge is 2.30. The molecule has 0 aromatic heterocycles. The van der Waals surface area contributed by atoms with Crippen molar-refractivity contribution in [2.24, 2.45) is 5.92 Å². The first-order valence-corrected chi connectivity index (χ1v) is 10.8. The maximum absolute atomic E-state index is 13.5. The topological polar surface area (TPSA) is 41.6 Å². The van der Waals surface area contributed by atoms with Gasteiger partial charge in [0, 0.05) is 19.0 Å². The summed E-state index contributed by atoms with van der Waals surface area (Å²) in [6.45, 7) is 1.54. The van der Waals surface area contributed by atoms with Gasteiger partial charge in [-0.2, -0.15) is 0 Å². The van der Waals surface area contributed by atoms with E-state index in [1.165, 1.54) is 24.3 Å². The summed E-state index contributed by atoms with van der Waals surface area (Å²) in [5.41, 5.74) is 5.71. The van der Waals surface area contributed by atoms with Gasteiger partial charge in [0.05, 0.1) is 0 Å². The van der Waals surface area contributed by atoms with Crippen LogP contribution in [0.2, 0.25) is 0 Å². The van der Waals surface area contributed by atoms with Gasteiger partial charge in [-0.05, 0) is 59.7 Å². The second-order valence-corrected chi connectivity index (χ2v) is 8.10. The Morgan fingerprint density at radius 3 is 2.09 bits per heavy atom. The molecule has 1 saturated heterocycles. The van der Waals surface area contributed by atoms with Crippen molar-refractivity contribution >= 4 is 18.5 Å². The van der Waals surface area contributed by atoms with Gasteiger partial charge < -0.3 is 4.74 Å². The maximum atomic E-state index is 13.5. The summed E-state index contributed by atoms with van der Waals surface area (Å²) >= 11 is 0. The Morgan fingerprint density at radius 1 is 0.939 bits per heavy atom. The molecule has 0 saturated carbocycles. The average Bonchev–Trinajstić information content (AvgIpc) is 2.81. The van der Waals surface area contributed by atoms with Crippen LogP contribution in [0.25, 0.3) is 0 Å². The fourth-order valence-electron chi connectivity index (χ4n) is 4.35. The number of nitrogens with zero attached hydrogens (tertiary/aromatic N) is 1. The fourth-order valence-corrected chi connectivity index (χ4v) is 4.35. The van der Waals surface area contributed by atoms with Crippen LogP contribution in [0.15, 0.2) is 78.9 Å². The quantitative estimate of drug-likeness (QED) is 0.473. The van der Waals surface area contributed by atoms with Crippen molar-refractivity contribution in [3.63, 3.8) is 0 Å². The molecular formula is C26H27ClF2N2O2. The summed E-state index contributed by atoms with van der Waals surface area (Å²) in [4.78, 5) is 12.3. The molecule has 7 heteroatoms. The Labute approximate surface area is 198 Å². The van der Waals surface area contributed by atoms with E-state index in [9.17, 15) is 13.6 Å². The molecule has 1 heterocycles. The number of carbonyl (C=O) groups is 1. The molecule has 174 valence electrons. The summed E-state index contributed by atoms with van der Waals surface area (Å²) in [7, 11) is 0.